The van der Waals surface area contributed by atoms with E-state index in [1.165, 1.54) is 5.56 Å². The number of aryl methyl sites for hydroxylation is 1. The Bertz CT molecular complexity index is 767. The number of nitrogens with one attached hydrogen (secondary N) is 1. The van der Waals surface area contributed by atoms with Crippen LogP contribution in [0.15, 0.2) is 30.3 Å². The van der Waals surface area contributed by atoms with Crippen molar-refractivity contribution in [3.8, 4) is 11.5 Å². The summed E-state index contributed by atoms with van der Waals surface area (Å²) < 4.78 is 11.0. The molecule has 1 aliphatic rings. The van der Waals surface area contributed by atoms with E-state index in [9.17, 15) is 4.79 Å². The van der Waals surface area contributed by atoms with Gasteiger partial charge in [-0.25, -0.2) is 0 Å². The number of benzene rings is 2. The van der Waals surface area contributed by atoms with Gasteiger partial charge in [-0.05, 0) is 36.6 Å². The van der Waals surface area contributed by atoms with Crippen LogP contribution in [0.25, 0.3) is 0 Å². The smallest absolute Gasteiger partial charge is 0.225 e. The van der Waals surface area contributed by atoms with Gasteiger partial charge in [-0.3, -0.25) is 4.79 Å². The fraction of sp³-hybridized carbons (Fsp3) is 0.316. The van der Waals surface area contributed by atoms with E-state index in [1.807, 2.05) is 25.1 Å². The van der Waals surface area contributed by atoms with E-state index in [4.69, 9.17) is 9.47 Å². The van der Waals surface area contributed by atoms with E-state index in [1.54, 1.807) is 14.2 Å². The molecule has 1 atom stereocenters. The second kappa shape index (κ2) is 5.95. The summed E-state index contributed by atoms with van der Waals surface area (Å²) in [5.41, 5.74) is 5.31. The second-order valence-corrected chi connectivity index (χ2v) is 5.86. The molecule has 3 rings (SSSR count). The molecule has 0 aromatic heterocycles. The predicted octanol–water partition coefficient (Wildman–Crippen LogP) is 3.79. The van der Waals surface area contributed by atoms with Gasteiger partial charge in [0, 0.05) is 23.6 Å². The van der Waals surface area contributed by atoms with Crippen molar-refractivity contribution in [2.75, 3.05) is 19.5 Å². The Morgan fingerprint density at radius 3 is 2.52 bits per heavy atom. The van der Waals surface area contributed by atoms with Gasteiger partial charge in [0.1, 0.15) is 0 Å². The van der Waals surface area contributed by atoms with Gasteiger partial charge in [-0.2, -0.15) is 0 Å². The van der Waals surface area contributed by atoms with Crippen molar-refractivity contribution in [1.82, 2.24) is 0 Å². The summed E-state index contributed by atoms with van der Waals surface area (Å²) in [6, 6.07) is 10.0. The highest BCUT2D eigenvalue weighted by Crippen LogP contribution is 2.45. The Labute approximate surface area is 136 Å². The molecule has 0 saturated heterocycles. The van der Waals surface area contributed by atoms with Crippen molar-refractivity contribution in [3.05, 3.63) is 52.6 Å². The monoisotopic (exact) mass is 311 g/mol. The van der Waals surface area contributed by atoms with Crippen LogP contribution in [0.3, 0.4) is 0 Å². The summed E-state index contributed by atoms with van der Waals surface area (Å²) >= 11 is 0. The quantitative estimate of drug-likeness (QED) is 0.938. The summed E-state index contributed by atoms with van der Waals surface area (Å²) in [4.78, 5) is 12.2. The molecule has 1 heterocycles. The third-order valence-electron chi connectivity index (χ3n) is 4.61. The molecule has 1 N–H and O–H groups in total. The summed E-state index contributed by atoms with van der Waals surface area (Å²) in [7, 11) is 3.25. The van der Waals surface area contributed by atoms with Crippen molar-refractivity contribution in [1.29, 1.82) is 0 Å². The first-order valence-electron chi connectivity index (χ1n) is 7.67. The van der Waals surface area contributed by atoms with Crippen molar-refractivity contribution >= 4 is 11.6 Å². The summed E-state index contributed by atoms with van der Waals surface area (Å²) in [6.45, 7) is 4.09. The number of methoxy groups -OCH3 is 2. The van der Waals surface area contributed by atoms with Gasteiger partial charge in [0.15, 0.2) is 11.5 Å². The maximum Gasteiger partial charge on any atom is 0.225 e. The van der Waals surface area contributed by atoms with Crippen LogP contribution in [-0.4, -0.2) is 20.1 Å². The van der Waals surface area contributed by atoms with Crippen molar-refractivity contribution in [3.63, 3.8) is 0 Å². The van der Waals surface area contributed by atoms with Gasteiger partial charge in [0.25, 0.3) is 0 Å². The lowest BCUT2D eigenvalue weighted by atomic mass is 9.82. The van der Waals surface area contributed by atoms with Gasteiger partial charge in [-0.1, -0.05) is 24.3 Å². The minimum absolute atomic E-state index is 0.0288. The van der Waals surface area contributed by atoms with Gasteiger partial charge >= 0.3 is 0 Å². The molecular weight excluding hydrogens is 290 g/mol. The number of anilines is 1. The van der Waals surface area contributed by atoms with Crippen LogP contribution in [0.1, 0.15) is 34.6 Å². The average Bonchev–Trinajstić information content (AvgIpc) is 2.57. The molecule has 120 valence electrons. The molecule has 4 nitrogen and oxygen atoms in total. The molecule has 0 radical (unpaired) electrons. The number of hydrogen-bond acceptors (Lipinski definition) is 3. The van der Waals surface area contributed by atoms with Crippen LogP contribution < -0.4 is 14.8 Å². The second-order valence-electron chi connectivity index (χ2n) is 5.86. The number of carbonyl (C=O) groups excluding carboxylic acids is 1. The predicted molar refractivity (Wildman–Crippen MR) is 90.6 cm³/mol. The molecule has 2 aromatic rings. The number of amides is 1. The molecule has 0 spiro atoms. The van der Waals surface area contributed by atoms with E-state index in [0.29, 0.717) is 17.9 Å². The normalized spacial score (nSPS) is 16.5. The van der Waals surface area contributed by atoms with Crippen LogP contribution >= 0.6 is 0 Å². The SMILES string of the molecule is COc1cccc([C@H]2CC(=O)Nc3c2ccc(C)c3C)c1OC. The molecule has 0 unspecified atom stereocenters. The molecular formula is C19H21NO3. The highest BCUT2D eigenvalue weighted by Gasteiger charge is 2.30. The van der Waals surface area contributed by atoms with Crippen LogP contribution in [0.2, 0.25) is 0 Å². The standard InChI is InChI=1S/C19H21NO3/c1-11-8-9-13-15(10-17(21)20-18(13)12(11)2)14-6-5-7-16(22-3)19(14)23-4/h5-9,15H,10H2,1-4H3,(H,20,21)/t15-/m0/s1. The van der Waals surface area contributed by atoms with Gasteiger partial charge in [-0.15, -0.1) is 0 Å². The topological polar surface area (TPSA) is 47.6 Å². The zero-order chi connectivity index (χ0) is 16.6. The molecule has 0 bridgehead atoms. The number of ether oxygens (including phenoxy) is 2. The van der Waals surface area contributed by atoms with Crippen LogP contribution in [0.4, 0.5) is 5.69 Å². The third kappa shape index (κ3) is 2.54. The number of hydrogen-bond donors (Lipinski definition) is 1. The first kappa shape index (κ1) is 15.4. The largest absolute Gasteiger partial charge is 0.493 e. The fourth-order valence-corrected chi connectivity index (χ4v) is 3.24. The van der Waals surface area contributed by atoms with E-state index in [-0.39, 0.29) is 11.8 Å². The first-order valence-corrected chi connectivity index (χ1v) is 7.67. The van der Waals surface area contributed by atoms with Crippen LogP contribution in [0.5, 0.6) is 11.5 Å². The Balaban J connectivity index is 2.20. The lowest BCUT2D eigenvalue weighted by molar-refractivity contribution is -0.116. The fourth-order valence-electron chi connectivity index (χ4n) is 3.24. The molecule has 0 aliphatic carbocycles. The maximum atomic E-state index is 12.2. The maximum absolute atomic E-state index is 12.2. The Kier molecular flexibility index (Phi) is 3.99. The minimum atomic E-state index is -0.0388. The van der Waals surface area contributed by atoms with E-state index < -0.39 is 0 Å². The van der Waals surface area contributed by atoms with Gasteiger partial charge < -0.3 is 14.8 Å². The molecule has 2 aromatic carbocycles. The van der Waals surface area contributed by atoms with Crippen molar-refractivity contribution < 1.29 is 14.3 Å². The van der Waals surface area contributed by atoms with Crippen LogP contribution in [-0.2, 0) is 4.79 Å². The van der Waals surface area contributed by atoms with Gasteiger partial charge in [0.2, 0.25) is 5.91 Å². The number of para-hydroxylation sites is 1. The highest BCUT2D eigenvalue weighted by molar-refractivity contribution is 5.96. The lowest BCUT2D eigenvalue weighted by Crippen LogP contribution is -2.24. The van der Waals surface area contributed by atoms with E-state index in [2.05, 4.69) is 24.4 Å². The molecule has 23 heavy (non-hydrogen) atoms. The summed E-state index contributed by atoms with van der Waals surface area (Å²) in [5.74, 6) is 1.37. The zero-order valence-corrected chi connectivity index (χ0v) is 13.9. The van der Waals surface area contributed by atoms with Crippen LogP contribution in [0, 0.1) is 13.8 Å². The molecule has 4 heteroatoms. The third-order valence-corrected chi connectivity index (χ3v) is 4.61. The number of fused-ring (bicyclic) bond motifs is 1. The Hall–Kier alpha value is -2.49. The highest BCUT2D eigenvalue weighted by atomic mass is 16.5. The van der Waals surface area contributed by atoms with Gasteiger partial charge in [0.05, 0.1) is 14.2 Å². The molecule has 1 aliphatic heterocycles. The number of carbonyl (C=O) groups is 1. The lowest BCUT2D eigenvalue weighted by Gasteiger charge is -2.29. The number of rotatable bonds is 3. The van der Waals surface area contributed by atoms with E-state index >= 15 is 0 Å². The molecule has 0 fully saturated rings. The van der Waals surface area contributed by atoms with Crippen molar-refractivity contribution in [2.45, 2.75) is 26.2 Å². The van der Waals surface area contributed by atoms with Crippen molar-refractivity contribution in [2.24, 2.45) is 0 Å². The minimum Gasteiger partial charge on any atom is -0.493 e. The summed E-state index contributed by atoms with van der Waals surface area (Å²) in [5, 5.41) is 3.02. The Morgan fingerprint density at radius 2 is 1.83 bits per heavy atom. The first-order chi connectivity index (χ1) is 11.1. The van der Waals surface area contributed by atoms with E-state index in [0.717, 1.165) is 22.4 Å². The molecule has 0 saturated carbocycles. The average molecular weight is 311 g/mol. The zero-order valence-electron chi connectivity index (χ0n) is 13.9. The summed E-state index contributed by atoms with van der Waals surface area (Å²) in [6.07, 6.45) is 0.402. The molecule has 1 amide bonds. The Morgan fingerprint density at radius 1 is 1.04 bits per heavy atom.